The smallest absolute Gasteiger partial charge is 0.252 e. The lowest BCUT2D eigenvalue weighted by Gasteiger charge is -2.13. The molecule has 0 saturated heterocycles. The van der Waals surface area contributed by atoms with E-state index in [0.717, 1.165) is 4.31 Å². The highest BCUT2D eigenvalue weighted by molar-refractivity contribution is 7.89. The second-order valence-electron chi connectivity index (χ2n) is 6.04. The van der Waals surface area contributed by atoms with E-state index in [1.54, 1.807) is 6.07 Å². The van der Waals surface area contributed by atoms with Gasteiger partial charge in [-0.25, -0.2) is 25.9 Å². The molecule has 8 nitrogen and oxygen atoms in total. The summed E-state index contributed by atoms with van der Waals surface area (Å²) in [5, 5.41) is 2.85. The van der Waals surface area contributed by atoms with E-state index in [-0.39, 0.29) is 38.5 Å². The zero-order valence-corrected chi connectivity index (χ0v) is 18.7. The summed E-state index contributed by atoms with van der Waals surface area (Å²) in [6.45, 7) is -0.131. The molecule has 2 rings (SSSR count). The number of nitrogens with zero attached hydrogens (tertiary/aromatic N) is 1. The van der Waals surface area contributed by atoms with Crippen molar-refractivity contribution in [3.8, 4) is 0 Å². The highest BCUT2D eigenvalue weighted by atomic mass is 35.5. The number of rotatable bonds is 8. The summed E-state index contributed by atoms with van der Waals surface area (Å²) < 4.78 is 52.2. The van der Waals surface area contributed by atoms with Crippen molar-refractivity contribution in [1.82, 2.24) is 14.3 Å². The number of hydrogen-bond donors (Lipinski definition) is 2. The molecule has 2 N–H and O–H groups in total. The maximum atomic E-state index is 12.4. The van der Waals surface area contributed by atoms with E-state index in [4.69, 9.17) is 23.2 Å². The van der Waals surface area contributed by atoms with Gasteiger partial charge in [0, 0.05) is 32.2 Å². The Morgan fingerprint density at radius 1 is 0.966 bits per heavy atom. The average Bonchev–Trinajstić information content (AvgIpc) is 2.65. The maximum Gasteiger partial charge on any atom is 0.252 e. The Morgan fingerprint density at radius 2 is 1.66 bits per heavy atom. The largest absolute Gasteiger partial charge is 0.351 e. The van der Waals surface area contributed by atoms with E-state index in [1.807, 2.05) is 0 Å². The normalized spacial score (nSPS) is 12.2. The van der Waals surface area contributed by atoms with E-state index in [1.165, 1.54) is 50.5 Å². The van der Waals surface area contributed by atoms with Gasteiger partial charge in [-0.3, -0.25) is 4.79 Å². The van der Waals surface area contributed by atoms with E-state index in [0.29, 0.717) is 0 Å². The van der Waals surface area contributed by atoms with Crippen LogP contribution in [0.3, 0.4) is 0 Å². The summed E-state index contributed by atoms with van der Waals surface area (Å²) in [6, 6.07) is 9.54. The molecule has 0 aromatic heterocycles. The monoisotopic (exact) mass is 479 g/mol. The maximum absolute atomic E-state index is 12.4. The van der Waals surface area contributed by atoms with Crippen LogP contribution in [0.15, 0.2) is 52.3 Å². The Balaban J connectivity index is 2.03. The molecule has 0 aliphatic rings. The fourth-order valence-electron chi connectivity index (χ4n) is 2.22. The van der Waals surface area contributed by atoms with Gasteiger partial charge in [-0.2, -0.15) is 0 Å². The van der Waals surface area contributed by atoms with Crippen LogP contribution in [-0.4, -0.2) is 54.2 Å². The van der Waals surface area contributed by atoms with Crippen LogP contribution in [-0.2, 0) is 20.0 Å². The first kappa shape index (κ1) is 23.6. The third-order valence-corrected chi connectivity index (χ3v) is 7.60. The third kappa shape index (κ3) is 5.91. The number of nitrogens with one attached hydrogen (secondary N) is 2. The van der Waals surface area contributed by atoms with Crippen molar-refractivity contribution in [2.45, 2.75) is 9.79 Å². The van der Waals surface area contributed by atoms with Crippen LogP contribution in [0.2, 0.25) is 10.0 Å². The Bertz CT molecular complexity index is 1120. The fraction of sp³-hybridized carbons (Fsp3) is 0.235. The van der Waals surface area contributed by atoms with Gasteiger partial charge in [0.25, 0.3) is 5.91 Å². The number of benzene rings is 2. The highest BCUT2D eigenvalue weighted by Gasteiger charge is 2.21. The minimum Gasteiger partial charge on any atom is -0.351 e. The molecule has 0 fully saturated rings. The minimum absolute atomic E-state index is 0.000893. The number of amides is 1. The Kier molecular flexibility index (Phi) is 7.66. The molecule has 0 spiro atoms. The van der Waals surface area contributed by atoms with Gasteiger partial charge in [0.15, 0.2) is 0 Å². The van der Waals surface area contributed by atoms with Gasteiger partial charge >= 0.3 is 0 Å². The van der Waals surface area contributed by atoms with E-state index in [9.17, 15) is 21.6 Å². The van der Waals surface area contributed by atoms with Crippen LogP contribution in [0.4, 0.5) is 0 Å². The predicted molar refractivity (Wildman–Crippen MR) is 111 cm³/mol. The summed E-state index contributed by atoms with van der Waals surface area (Å²) >= 11 is 11.8. The molecule has 0 unspecified atom stereocenters. The van der Waals surface area contributed by atoms with Crippen molar-refractivity contribution in [1.29, 1.82) is 0 Å². The number of carbonyl (C=O) groups excluding carboxylic acids is 1. The quantitative estimate of drug-likeness (QED) is 0.561. The minimum atomic E-state index is -3.79. The fourth-order valence-corrected chi connectivity index (χ4v) is 4.69. The summed E-state index contributed by atoms with van der Waals surface area (Å²) in [5.74, 6) is -0.632. The van der Waals surface area contributed by atoms with Gasteiger partial charge in [0.2, 0.25) is 20.0 Å². The predicted octanol–water partition coefficient (Wildman–Crippen LogP) is 1.95. The highest BCUT2D eigenvalue weighted by Crippen LogP contribution is 2.22. The molecule has 2 aromatic carbocycles. The molecular weight excluding hydrogens is 461 g/mol. The van der Waals surface area contributed by atoms with Crippen LogP contribution in [0, 0.1) is 0 Å². The molecule has 158 valence electrons. The second kappa shape index (κ2) is 9.41. The topological polar surface area (TPSA) is 113 Å². The van der Waals surface area contributed by atoms with Crippen LogP contribution >= 0.6 is 23.2 Å². The van der Waals surface area contributed by atoms with Crippen molar-refractivity contribution in [2.24, 2.45) is 0 Å². The average molecular weight is 480 g/mol. The summed E-state index contributed by atoms with van der Waals surface area (Å²) in [4.78, 5) is 12.3. The molecule has 12 heteroatoms. The van der Waals surface area contributed by atoms with Gasteiger partial charge in [-0.15, -0.1) is 0 Å². The van der Waals surface area contributed by atoms with Crippen molar-refractivity contribution < 1.29 is 21.6 Å². The van der Waals surface area contributed by atoms with Crippen LogP contribution < -0.4 is 10.0 Å². The second-order valence-corrected chi connectivity index (χ2v) is 10.8. The van der Waals surface area contributed by atoms with E-state index >= 15 is 0 Å². The van der Waals surface area contributed by atoms with Crippen molar-refractivity contribution in [3.05, 3.63) is 58.1 Å². The Morgan fingerprint density at radius 3 is 2.28 bits per heavy atom. The molecular formula is C17H19Cl2N3O5S2. The summed E-state index contributed by atoms with van der Waals surface area (Å²) in [6.07, 6.45) is 0. The number of hydrogen-bond acceptors (Lipinski definition) is 5. The zero-order chi connectivity index (χ0) is 21.8. The van der Waals surface area contributed by atoms with Crippen molar-refractivity contribution in [3.63, 3.8) is 0 Å². The van der Waals surface area contributed by atoms with Gasteiger partial charge < -0.3 is 5.32 Å². The molecule has 0 bridgehead atoms. The first-order valence-corrected chi connectivity index (χ1v) is 11.9. The number of halogens is 2. The number of sulfonamides is 2. The Labute approximate surface area is 179 Å². The molecule has 0 heterocycles. The Hall–Kier alpha value is -1.69. The molecule has 0 saturated carbocycles. The SMILES string of the molecule is CN(C)S(=O)(=O)c1ccc(Cl)c(C(=O)NCCNS(=O)(=O)c2cccc(Cl)c2)c1. The lowest BCUT2D eigenvalue weighted by Crippen LogP contribution is -2.35. The van der Waals surface area contributed by atoms with Crippen molar-refractivity contribution in [2.75, 3.05) is 27.2 Å². The van der Waals surface area contributed by atoms with Crippen LogP contribution in [0.25, 0.3) is 0 Å². The lowest BCUT2D eigenvalue weighted by molar-refractivity contribution is 0.0954. The standard InChI is InChI=1S/C17H19Cl2N3O5S2/c1-22(2)29(26,27)14-6-7-16(19)15(11-14)17(23)20-8-9-21-28(24,25)13-5-3-4-12(18)10-13/h3-7,10-11,21H,8-9H2,1-2H3,(H,20,23). The zero-order valence-electron chi connectivity index (χ0n) is 15.5. The van der Waals surface area contributed by atoms with E-state index < -0.39 is 26.0 Å². The first-order valence-electron chi connectivity index (χ1n) is 8.20. The van der Waals surface area contributed by atoms with Crippen molar-refractivity contribution >= 4 is 49.2 Å². The molecule has 0 atom stereocenters. The van der Waals surface area contributed by atoms with Gasteiger partial charge in [-0.1, -0.05) is 29.3 Å². The van der Waals surface area contributed by atoms with Crippen LogP contribution in [0.1, 0.15) is 10.4 Å². The molecule has 2 aromatic rings. The number of carbonyl (C=O) groups is 1. The first-order chi connectivity index (χ1) is 13.4. The van der Waals surface area contributed by atoms with Gasteiger partial charge in [-0.05, 0) is 36.4 Å². The molecule has 1 amide bonds. The molecule has 0 radical (unpaired) electrons. The van der Waals surface area contributed by atoms with E-state index in [2.05, 4.69) is 10.0 Å². The summed E-state index contributed by atoms with van der Waals surface area (Å²) in [7, 11) is -4.78. The summed E-state index contributed by atoms with van der Waals surface area (Å²) in [5.41, 5.74) is -0.0349. The molecule has 29 heavy (non-hydrogen) atoms. The third-order valence-electron chi connectivity index (χ3n) is 3.77. The van der Waals surface area contributed by atoms with Crippen LogP contribution in [0.5, 0.6) is 0 Å². The molecule has 0 aliphatic carbocycles. The van der Waals surface area contributed by atoms with Gasteiger partial charge in [0.1, 0.15) is 0 Å². The van der Waals surface area contributed by atoms with Gasteiger partial charge in [0.05, 0.1) is 20.4 Å². The molecule has 0 aliphatic heterocycles. The lowest BCUT2D eigenvalue weighted by atomic mass is 10.2.